The number of furan rings is 1. The van der Waals surface area contributed by atoms with Crippen LogP contribution in [0.25, 0.3) is 0 Å². The summed E-state index contributed by atoms with van der Waals surface area (Å²) in [5.41, 5.74) is 1.11. The molecule has 1 amide bonds. The lowest BCUT2D eigenvalue weighted by atomic mass is 10.0. The van der Waals surface area contributed by atoms with E-state index in [1.54, 1.807) is 6.07 Å². The number of hydrogen-bond donors (Lipinski definition) is 2. The molecule has 1 aromatic heterocycles. The number of benzene rings is 1. The molecule has 0 saturated heterocycles. The van der Waals surface area contributed by atoms with Gasteiger partial charge in [-0.1, -0.05) is 11.6 Å². The summed E-state index contributed by atoms with van der Waals surface area (Å²) in [7, 11) is 1.44. The Morgan fingerprint density at radius 3 is 2.76 bits per heavy atom. The van der Waals surface area contributed by atoms with Gasteiger partial charge in [-0.2, -0.15) is 0 Å². The number of rotatable bonds is 5. The second kappa shape index (κ2) is 6.32. The van der Waals surface area contributed by atoms with Crippen LogP contribution in [0.1, 0.15) is 15.9 Å². The first-order valence-corrected chi connectivity index (χ1v) is 6.31. The maximum Gasteiger partial charge on any atom is 0.409 e. The zero-order chi connectivity index (χ0) is 15.4. The van der Waals surface area contributed by atoms with Crippen LogP contribution in [0.4, 0.5) is 10.5 Å². The number of ether oxygens (including phenoxy) is 1. The topological polar surface area (TPSA) is 88.8 Å². The summed E-state index contributed by atoms with van der Waals surface area (Å²) in [6.07, 6.45) is 1.47. The second-order valence-corrected chi connectivity index (χ2v) is 4.59. The molecule has 0 aliphatic carbocycles. The van der Waals surface area contributed by atoms with Gasteiger partial charge in [-0.25, -0.2) is 4.79 Å². The molecule has 2 rings (SSSR count). The number of halogens is 1. The number of ketones is 1. The van der Waals surface area contributed by atoms with Crippen LogP contribution in [0.3, 0.4) is 0 Å². The van der Waals surface area contributed by atoms with Gasteiger partial charge in [0.25, 0.3) is 0 Å². The Morgan fingerprint density at radius 1 is 1.43 bits per heavy atom. The number of methoxy groups -OCH3 is 1. The molecule has 2 aromatic rings. The minimum absolute atomic E-state index is 0.0112. The van der Waals surface area contributed by atoms with Crippen molar-refractivity contribution in [2.24, 2.45) is 0 Å². The summed E-state index contributed by atoms with van der Waals surface area (Å²) in [4.78, 5) is 22.9. The summed E-state index contributed by atoms with van der Waals surface area (Å²) in [6, 6.07) is 4.48. The van der Waals surface area contributed by atoms with Crippen molar-refractivity contribution in [2.75, 3.05) is 12.4 Å². The smallest absolute Gasteiger partial charge is 0.409 e. The van der Waals surface area contributed by atoms with Crippen LogP contribution in [0.2, 0.25) is 5.02 Å². The van der Waals surface area contributed by atoms with Crippen LogP contribution in [0.15, 0.2) is 35.1 Å². The van der Waals surface area contributed by atoms with E-state index in [1.807, 2.05) is 0 Å². The Bertz CT molecular complexity index is 666. The molecule has 0 aliphatic heterocycles. The van der Waals surface area contributed by atoms with E-state index >= 15 is 0 Å². The molecule has 0 saturated carbocycles. The largest absolute Gasteiger partial charge is 0.495 e. The lowest BCUT2D eigenvalue weighted by Gasteiger charge is -2.12. The maximum atomic E-state index is 12.1. The van der Waals surface area contributed by atoms with Crippen LogP contribution >= 0.6 is 11.6 Å². The molecule has 1 heterocycles. The van der Waals surface area contributed by atoms with Gasteiger partial charge in [0.2, 0.25) is 0 Å². The molecule has 0 spiro atoms. The van der Waals surface area contributed by atoms with Gasteiger partial charge in [0.15, 0.2) is 5.78 Å². The highest BCUT2D eigenvalue weighted by Gasteiger charge is 2.16. The number of hydrogen-bond acceptors (Lipinski definition) is 4. The van der Waals surface area contributed by atoms with Crippen molar-refractivity contribution in [3.63, 3.8) is 0 Å². The van der Waals surface area contributed by atoms with Gasteiger partial charge in [0.1, 0.15) is 12.0 Å². The molecular formula is C14H12ClNO5. The van der Waals surface area contributed by atoms with Gasteiger partial charge in [0.05, 0.1) is 24.0 Å². The van der Waals surface area contributed by atoms with Gasteiger partial charge in [-0.05, 0) is 23.8 Å². The number of amides is 1. The molecule has 0 fully saturated rings. The Morgan fingerprint density at radius 2 is 2.19 bits per heavy atom. The normalized spacial score (nSPS) is 10.2. The zero-order valence-electron chi connectivity index (χ0n) is 11.1. The van der Waals surface area contributed by atoms with E-state index in [9.17, 15) is 9.59 Å². The standard InChI is InChI=1S/C14H12ClNO5/c1-20-13-5-9(4-12(17)8-2-3-21-7-8)11(6-10(13)15)16-14(18)19/h2-3,5-7,16H,4H2,1H3,(H,18,19). The summed E-state index contributed by atoms with van der Waals surface area (Å²) < 4.78 is 9.94. The number of carbonyl (C=O) groups excluding carboxylic acids is 1. The Hall–Kier alpha value is -2.47. The summed E-state index contributed by atoms with van der Waals surface area (Å²) in [5, 5.41) is 11.3. The molecule has 0 atom stereocenters. The molecule has 110 valence electrons. The first-order valence-electron chi connectivity index (χ1n) is 5.93. The average molecular weight is 310 g/mol. The minimum atomic E-state index is -1.24. The average Bonchev–Trinajstić information content (AvgIpc) is 2.95. The second-order valence-electron chi connectivity index (χ2n) is 4.19. The third kappa shape index (κ3) is 3.55. The van der Waals surface area contributed by atoms with Crippen molar-refractivity contribution in [3.05, 3.63) is 46.9 Å². The first-order chi connectivity index (χ1) is 10.0. The summed E-state index contributed by atoms with van der Waals surface area (Å²) in [6.45, 7) is 0. The van der Waals surface area contributed by atoms with Crippen molar-refractivity contribution in [1.29, 1.82) is 0 Å². The van der Waals surface area contributed by atoms with E-state index in [4.69, 9.17) is 25.9 Å². The van der Waals surface area contributed by atoms with Crippen LogP contribution in [0.5, 0.6) is 5.75 Å². The third-order valence-corrected chi connectivity index (χ3v) is 3.11. The highest BCUT2D eigenvalue weighted by atomic mass is 35.5. The number of carboxylic acid groups (broad SMARTS) is 1. The van der Waals surface area contributed by atoms with Crippen LogP contribution in [0, 0.1) is 0 Å². The Labute approximate surface area is 125 Å². The molecule has 0 unspecified atom stereocenters. The van der Waals surface area contributed by atoms with E-state index in [1.165, 1.54) is 31.8 Å². The fraction of sp³-hybridized carbons (Fsp3) is 0.143. The molecule has 0 bridgehead atoms. The van der Waals surface area contributed by atoms with E-state index in [0.717, 1.165) is 0 Å². The van der Waals surface area contributed by atoms with E-state index in [2.05, 4.69) is 5.32 Å². The zero-order valence-corrected chi connectivity index (χ0v) is 11.8. The molecule has 6 nitrogen and oxygen atoms in total. The van der Waals surface area contributed by atoms with Crippen LogP contribution in [-0.2, 0) is 6.42 Å². The van der Waals surface area contributed by atoms with Crippen molar-refractivity contribution >= 4 is 29.2 Å². The van der Waals surface area contributed by atoms with Gasteiger partial charge < -0.3 is 14.3 Å². The summed E-state index contributed by atoms with van der Waals surface area (Å²) in [5.74, 6) is 0.157. The third-order valence-electron chi connectivity index (χ3n) is 2.81. The van der Waals surface area contributed by atoms with E-state index in [0.29, 0.717) is 16.9 Å². The lowest BCUT2D eigenvalue weighted by molar-refractivity contribution is 0.0992. The molecule has 21 heavy (non-hydrogen) atoms. The fourth-order valence-electron chi connectivity index (χ4n) is 1.83. The maximum absolute atomic E-state index is 12.1. The quantitative estimate of drug-likeness (QED) is 0.826. The number of nitrogens with one attached hydrogen (secondary N) is 1. The molecule has 0 radical (unpaired) electrons. The van der Waals surface area contributed by atoms with Gasteiger partial charge >= 0.3 is 6.09 Å². The van der Waals surface area contributed by atoms with Crippen LogP contribution < -0.4 is 10.1 Å². The van der Waals surface area contributed by atoms with Gasteiger partial charge in [0, 0.05) is 12.1 Å². The first kappa shape index (κ1) is 14.9. The SMILES string of the molecule is COc1cc(CC(=O)c2ccoc2)c(NC(=O)O)cc1Cl. The van der Waals surface area contributed by atoms with Crippen molar-refractivity contribution in [2.45, 2.75) is 6.42 Å². The van der Waals surface area contributed by atoms with Crippen molar-refractivity contribution in [1.82, 2.24) is 0 Å². The monoisotopic (exact) mass is 309 g/mol. The minimum Gasteiger partial charge on any atom is -0.495 e. The highest BCUT2D eigenvalue weighted by Crippen LogP contribution is 2.32. The molecular weight excluding hydrogens is 298 g/mol. The number of anilines is 1. The van der Waals surface area contributed by atoms with Crippen molar-refractivity contribution < 1.29 is 23.8 Å². The lowest BCUT2D eigenvalue weighted by Crippen LogP contribution is -2.12. The van der Waals surface area contributed by atoms with Gasteiger partial charge in [-0.3, -0.25) is 10.1 Å². The summed E-state index contributed by atoms with van der Waals surface area (Å²) >= 11 is 5.96. The number of carbonyl (C=O) groups is 2. The molecule has 2 N–H and O–H groups in total. The molecule has 1 aromatic carbocycles. The Balaban J connectivity index is 2.35. The molecule has 0 aliphatic rings. The predicted molar refractivity (Wildman–Crippen MR) is 76.4 cm³/mol. The predicted octanol–water partition coefficient (Wildman–Crippen LogP) is 3.46. The van der Waals surface area contributed by atoms with E-state index in [-0.39, 0.29) is 22.9 Å². The molecule has 7 heteroatoms. The van der Waals surface area contributed by atoms with Crippen molar-refractivity contribution in [3.8, 4) is 5.75 Å². The highest BCUT2D eigenvalue weighted by molar-refractivity contribution is 6.32. The van der Waals surface area contributed by atoms with Gasteiger partial charge in [-0.15, -0.1) is 0 Å². The fourth-order valence-corrected chi connectivity index (χ4v) is 2.07. The van der Waals surface area contributed by atoms with Crippen LogP contribution in [-0.4, -0.2) is 24.1 Å². The number of Topliss-reactive ketones (excluding diaryl/α,β-unsaturated/α-hetero) is 1. The van der Waals surface area contributed by atoms with E-state index < -0.39 is 6.09 Å². The Kier molecular flexibility index (Phi) is 4.49.